The number of hydrogen-bond donors (Lipinski definition) is 0. The molecule has 0 unspecified atom stereocenters. The summed E-state index contributed by atoms with van der Waals surface area (Å²) in [6.45, 7) is 4.91. The lowest BCUT2D eigenvalue weighted by Gasteiger charge is -2.31. The highest BCUT2D eigenvalue weighted by molar-refractivity contribution is 6.32. The van der Waals surface area contributed by atoms with Crippen LogP contribution >= 0.6 is 11.6 Å². The fraction of sp³-hybridized carbons (Fsp3) is 0.357. The van der Waals surface area contributed by atoms with Gasteiger partial charge in [-0.15, -0.1) is 0 Å². The Hall–Kier alpha value is -1.48. The molecule has 0 atom stereocenters. The van der Waals surface area contributed by atoms with Crippen LogP contribution in [-0.2, 0) is 4.79 Å². The van der Waals surface area contributed by atoms with Crippen molar-refractivity contribution < 1.29 is 9.53 Å². The molecule has 18 heavy (non-hydrogen) atoms. The third-order valence-electron chi connectivity index (χ3n) is 3.06. The van der Waals surface area contributed by atoms with Crippen LogP contribution in [0, 0.1) is 0 Å². The fourth-order valence-corrected chi connectivity index (χ4v) is 2.22. The van der Waals surface area contributed by atoms with E-state index in [0.29, 0.717) is 23.9 Å². The Morgan fingerprint density at radius 1 is 1.39 bits per heavy atom. The average molecular weight is 266 g/mol. The molecule has 1 saturated heterocycles. The van der Waals surface area contributed by atoms with Crippen molar-refractivity contribution >= 4 is 17.5 Å². The van der Waals surface area contributed by atoms with Crippen LogP contribution in [-0.4, -0.2) is 30.0 Å². The Balaban J connectivity index is 1.89. The van der Waals surface area contributed by atoms with Gasteiger partial charge in [0.25, 0.3) is 0 Å². The first-order valence-electron chi connectivity index (χ1n) is 6.03. The zero-order valence-electron chi connectivity index (χ0n) is 10.1. The van der Waals surface area contributed by atoms with Crippen LogP contribution in [0.3, 0.4) is 0 Å². The normalized spacial score (nSPS) is 16.4. The average Bonchev–Trinajstić information content (AvgIpc) is 2.41. The Kier molecular flexibility index (Phi) is 4.26. The summed E-state index contributed by atoms with van der Waals surface area (Å²) in [5.74, 6) is 0.707. The van der Waals surface area contributed by atoms with Gasteiger partial charge in [-0.3, -0.25) is 4.79 Å². The summed E-state index contributed by atoms with van der Waals surface area (Å²) < 4.78 is 5.85. The van der Waals surface area contributed by atoms with E-state index in [9.17, 15) is 4.79 Å². The van der Waals surface area contributed by atoms with Gasteiger partial charge >= 0.3 is 0 Å². The lowest BCUT2D eigenvalue weighted by Crippen LogP contribution is -2.41. The molecule has 1 aromatic rings. The van der Waals surface area contributed by atoms with Crippen molar-refractivity contribution in [2.24, 2.45) is 0 Å². The van der Waals surface area contributed by atoms with E-state index < -0.39 is 0 Å². The summed E-state index contributed by atoms with van der Waals surface area (Å²) in [6, 6.07) is 7.45. The summed E-state index contributed by atoms with van der Waals surface area (Å²) in [5.41, 5.74) is 0. The van der Waals surface area contributed by atoms with Crippen molar-refractivity contribution in [3.63, 3.8) is 0 Å². The Morgan fingerprint density at radius 2 is 2.06 bits per heavy atom. The van der Waals surface area contributed by atoms with Gasteiger partial charge in [-0.2, -0.15) is 0 Å². The topological polar surface area (TPSA) is 29.5 Å². The van der Waals surface area contributed by atoms with E-state index in [0.717, 1.165) is 12.8 Å². The monoisotopic (exact) mass is 265 g/mol. The first kappa shape index (κ1) is 13.0. The van der Waals surface area contributed by atoms with Gasteiger partial charge in [-0.1, -0.05) is 30.3 Å². The number of benzene rings is 1. The number of piperidine rings is 1. The Bertz CT molecular complexity index is 439. The molecule has 96 valence electrons. The largest absolute Gasteiger partial charge is 0.489 e. The molecule has 1 amide bonds. The van der Waals surface area contributed by atoms with Gasteiger partial charge in [0, 0.05) is 25.9 Å². The molecule has 0 N–H and O–H groups in total. The van der Waals surface area contributed by atoms with Crippen LogP contribution in [0.15, 0.2) is 36.9 Å². The second kappa shape index (κ2) is 5.91. The molecule has 0 spiro atoms. The molecule has 2 rings (SSSR count). The fourth-order valence-electron chi connectivity index (χ4n) is 2.04. The number of likely N-dealkylation sites (tertiary alicyclic amines) is 1. The van der Waals surface area contributed by atoms with E-state index in [1.54, 1.807) is 4.90 Å². The van der Waals surface area contributed by atoms with Crippen LogP contribution in [0.25, 0.3) is 0 Å². The van der Waals surface area contributed by atoms with Gasteiger partial charge in [-0.05, 0) is 18.2 Å². The van der Waals surface area contributed by atoms with Gasteiger partial charge in [0.15, 0.2) is 0 Å². The van der Waals surface area contributed by atoms with Crippen LogP contribution in [0.4, 0.5) is 0 Å². The minimum absolute atomic E-state index is 0.00815. The van der Waals surface area contributed by atoms with Crippen molar-refractivity contribution in [3.05, 3.63) is 41.9 Å². The molecule has 3 nitrogen and oxygen atoms in total. The standard InChI is InChI=1S/C14H16ClNO2/c1-2-14(17)16-9-7-11(8-10-16)18-13-6-4-3-5-12(13)15/h2-6,11H,1,7-10H2. The number of para-hydroxylation sites is 1. The smallest absolute Gasteiger partial charge is 0.245 e. The first-order valence-corrected chi connectivity index (χ1v) is 6.41. The summed E-state index contributed by atoms with van der Waals surface area (Å²) in [6.07, 6.45) is 3.13. The summed E-state index contributed by atoms with van der Waals surface area (Å²) in [4.78, 5) is 13.2. The molecule has 1 aromatic carbocycles. The van der Waals surface area contributed by atoms with Crippen LogP contribution in [0.5, 0.6) is 5.75 Å². The highest BCUT2D eigenvalue weighted by Gasteiger charge is 2.22. The molecule has 0 aliphatic carbocycles. The number of carbonyl (C=O) groups excluding carboxylic acids is 1. The van der Waals surface area contributed by atoms with E-state index >= 15 is 0 Å². The maximum Gasteiger partial charge on any atom is 0.245 e. The SMILES string of the molecule is C=CC(=O)N1CCC(Oc2ccccc2Cl)CC1. The molecule has 0 aromatic heterocycles. The van der Waals surface area contributed by atoms with Crippen molar-refractivity contribution in [1.29, 1.82) is 0 Å². The lowest BCUT2D eigenvalue weighted by molar-refractivity contribution is -0.127. The van der Waals surface area contributed by atoms with Crippen molar-refractivity contribution in [1.82, 2.24) is 4.90 Å². The first-order chi connectivity index (χ1) is 8.70. The van der Waals surface area contributed by atoms with E-state index in [1.807, 2.05) is 24.3 Å². The highest BCUT2D eigenvalue weighted by Crippen LogP contribution is 2.26. The Labute approximate surface area is 112 Å². The van der Waals surface area contributed by atoms with E-state index in [2.05, 4.69) is 6.58 Å². The molecule has 1 aliphatic rings. The zero-order valence-corrected chi connectivity index (χ0v) is 10.9. The van der Waals surface area contributed by atoms with Crippen molar-refractivity contribution in [3.8, 4) is 5.75 Å². The predicted molar refractivity (Wildman–Crippen MR) is 71.9 cm³/mol. The van der Waals surface area contributed by atoms with E-state index in [-0.39, 0.29) is 12.0 Å². The van der Waals surface area contributed by atoms with Crippen LogP contribution < -0.4 is 4.74 Å². The number of hydrogen-bond acceptors (Lipinski definition) is 2. The molecule has 0 saturated carbocycles. The van der Waals surface area contributed by atoms with Crippen LogP contribution in [0.1, 0.15) is 12.8 Å². The third-order valence-corrected chi connectivity index (χ3v) is 3.37. The van der Waals surface area contributed by atoms with Crippen molar-refractivity contribution in [2.45, 2.75) is 18.9 Å². The second-order valence-corrected chi connectivity index (χ2v) is 4.68. The molecular formula is C14H16ClNO2. The Morgan fingerprint density at radius 3 is 2.67 bits per heavy atom. The molecule has 1 fully saturated rings. The third kappa shape index (κ3) is 3.05. The van der Waals surface area contributed by atoms with Gasteiger partial charge in [0.05, 0.1) is 5.02 Å². The van der Waals surface area contributed by atoms with E-state index in [4.69, 9.17) is 16.3 Å². The minimum Gasteiger partial charge on any atom is -0.489 e. The maximum atomic E-state index is 11.4. The number of ether oxygens (including phenoxy) is 1. The van der Waals surface area contributed by atoms with Gasteiger partial charge in [0.2, 0.25) is 5.91 Å². The second-order valence-electron chi connectivity index (χ2n) is 4.28. The molecule has 1 aliphatic heterocycles. The predicted octanol–water partition coefficient (Wildman–Crippen LogP) is 2.90. The number of carbonyl (C=O) groups is 1. The molecule has 1 heterocycles. The molecule has 0 bridgehead atoms. The molecule has 4 heteroatoms. The van der Waals surface area contributed by atoms with Crippen molar-refractivity contribution in [2.75, 3.05) is 13.1 Å². The van der Waals surface area contributed by atoms with Gasteiger partial charge < -0.3 is 9.64 Å². The quantitative estimate of drug-likeness (QED) is 0.787. The zero-order chi connectivity index (χ0) is 13.0. The summed E-state index contributed by atoms with van der Waals surface area (Å²) in [5, 5.41) is 0.627. The number of amides is 1. The summed E-state index contributed by atoms with van der Waals surface area (Å²) >= 11 is 6.04. The summed E-state index contributed by atoms with van der Waals surface area (Å²) in [7, 11) is 0. The molecule has 0 radical (unpaired) electrons. The van der Waals surface area contributed by atoms with Gasteiger partial charge in [-0.25, -0.2) is 0 Å². The number of rotatable bonds is 3. The molecular weight excluding hydrogens is 250 g/mol. The highest BCUT2D eigenvalue weighted by atomic mass is 35.5. The van der Waals surface area contributed by atoms with Crippen LogP contribution in [0.2, 0.25) is 5.02 Å². The number of halogens is 1. The number of nitrogens with zero attached hydrogens (tertiary/aromatic N) is 1. The maximum absolute atomic E-state index is 11.4. The lowest BCUT2D eigenvalue weighted by atomic mass is 10.1. The van der Waals surface area contributed by atoms with Gasteiger partial charge in [0.1, 0.15) is 11.9 Å². The van der Waals surface area contributed by atoms with E-state index in [1.165, 1.54) is 6.08 Å². The minimum atomic E-state index is -0.00815.